The number of rotatable bonds is 7. The van der Waals surface area contributed by atoms with Crippen LogP contribution in [0.25, 0.3) is 0 Å². The van der Waals surface area contributed by atoms with Crippen molar-refractivity contribution < 1.29 is 14.5 Å². The highest BCUT2D eigenvalue weighted by molar-refractivity contribution is 5.89. The van der Waals surface area contributed by atoms with E-state index < -0.39 is 0 Å². The maximum absolute atomic E-state index is 12.6. The van der Waals surface area contributed by atoms with E-state index in [0.29, 0.717) is 6.04 Å². The molecule has 3 atom stereocenters. The second kappa shape index (κ2) is 11.2. The number of nitrogens with one attached hydrogen (secondary N) is 3. The van der Waals surface area contributed by atoms with Crippen LogP contribution in [0.3, 0.4) is 0 Å². The number of nitrogens with zero attached hydrogens (tertiary/aromatic N) is 2. The molecule has 0 bridgehead atoms. The molecule has 0 spiro atoms. The molecule has 1 aliphatic heterocycles. The number of anilines is 2. The Kier molecular flexibility index (Phi) is 7.84. The summed E-state index contributed by atoms with van der Waals surface area (Å²) in [4.78, 5) is 25.5. The maximum Gasteiger partial charge on any atom is 0.319 e. The summed E-state index contributed by atoms with van der Waals surface area (Å²) in [5.74, 6) is 0.748. The zero-order chi connectivity index (χ0) is 23.9. The van der Waals surface area contributed by atoms with Crippen molar-refractivity contribution in [3.8, 4) is 5.75 Å². The normalized spacial score (nSPS) is 22.6. The van der Waals surface area contributed by atoms with E-state index in [9.17, 15) is 14.9 Å². The van der Waals surface area contributed by atoms with Gasteiger partial charge in [-0.05, 0) is 62.1 Å². The molecule has 0 radical (unpaired) electrons. The highest BCUT2D eigenvalue weighted by Gasteiger charge is 2.30. The molecule has 9 nitrogen and oxygen atoms in total. The van der Waals surface area contributed by atoms with Gasteiger partial charge in [-0.3, -0.25) is 10.1 Å². The average Bonchev–Trinajstić information content (AvgIpc) is 2.86. The summed E-state index contributed by atoms with van der Waals surface area (Å²) < 4.78 is 5.17. The number of methoxy groups -OCH3 is 1. The van der Waals surface area contributed by atoms with Crippen LogP contribution < -0.4 is 25.6 Å². The summed E-state index contributed by atoms with van der Waals surface area (Å²) in [6, 6.07) is 14.5. The fourth-order valence-corrected chi connectivity index (χ4v) is 4.95. The summed E-state index contributed by atoms with van der Waals surface area (Å²) in [7, 11) is 1.61. The fraction of sp³-hybridized carbons (Fsp3) is 0.480. The third-order valence-corrected chi connectivity index (χ3v) is 6.73. The molecule has 4 rings (SSSR count). The van der Waals surface area contributed by atoms with E-state index in [0.717, 1.165) is 68.7 Å². The van der Waals surface area contributed by atoms with Gasteiger partial charge in [-0.15, -0.1) is 0 Å². The number of carbonyl (C=O) groups is 1. The molecule has 1 saturated carbocycles. The first-order valence-electron chi connectivity index (χ1n) is 12.0. The van der Waals surface area contributed by atoms with Gasteiger partial charge in [0.2, 0.25) is 0 Å². The molecule has 0 unspecified atom stereocenters. The van der Waals surface area contributed by atoms with Gasteiger partial charge < -0.3 is 25.6 Å². The predicted octanol–water partition coefficient (Wildman–Crippen LogP) is 4.29. The van der Waals surface area contributed by atoms with E-state index in [1.165, 1.54) is 0 Å². The number of carbonyl (C=O) groups excluding carboxylic acids is 1. The van der Waals surface area contributed by atoms with E-state index in [4.69, 9.17) is 4.74 Å². The van der Waals surface area contributed by atoms with Crippen molar-refractivity contribution in [2.24, 2.45) is 0 Å². The van der Waals surface area contributed by atoms with Gasteiger partial charge in [0.1, 0.15) is 5.75 Å². The number of nitro benzene ring substituents is 1. The lowest BCUT2D eigenvalue weighted by Crippen LogP contribution is -2.57. The van der Waals surface area contributed by atoms with E-state index >= 15 is 0 Å². The van der Waals surface area contributed by atoms with Crippen molar-refractivity contribution in [1.82, 2.24) is 10.6 Å². The Morgan fingerprint density at radius 2 is 1.71 bits per heavy atom. The largest absolute Gasteiger partial charge is 0.497 e. The van der Waals surface area contributed by atoms with E-state index in [-0.39, 0.29) is 28.7 Å². The Labute approximate surface area is 200 Å². The first-order chi connectivity index (χ1) is 16.5. The number of urea groups is 1. The Balaban J connectivity index is 1.32. The van der Waals surface area contributed by atoms with Crippen LogP contribution in [0.15, 0.2) is 48.5 Å². The van der Waals surface area contributed by atoms with Gasteiger partial charge in [-0.1, -0.05) is 12.8 Å². The molecule has 182 valence electrons. The van der Waals surface area contributed by atoms with Gasteiger partial charge >= 0.3 is 6.03 Å². The number of non-ortho nitro benzene ring substituents is 1. The molecule has 2 fully saturated rings. The van der Waals surface area contributed by atoms with Crippen LogP contribution >= 0.6 is 0 Å². The second-order valence-corrected chi connectivity index (χ2v) is 9.05. The molecule has 1 heterocycles. The zero-order valence-electron chi connectivity index (χ0n) is 19.5. The number of hydrogen-bond acceptors (Lipinski definition) is 6. The predicted molar refractivity (Wildman–Crippen MR) is 133 cm³/mol. The van der Waals surface area contributed by atoms with Gasteiger partial charge in [0.25, 0.3) is 5.69 Å². The van der Waals surface area contributed by atoms with Crippen LogP contribution in [0.1, 0.15) is 38.5 Å². The molecule has 3 N–H and O–H groups in total. The summed E-state index contributed by atoms with van der Waals surface area (Å²) in [6.45, 7) is 1.78. The fourth-order valence-electron chi connectivity index (χ4n) is 4.95. The number of hydrogen-bond donors (Lipinski definition) is 3. The van der Waals surface area contributed by atoms with Gasteiger partial charge in [0.05, 0.1) is 12.0 Å². The molecule has 34 heavy (non-hydrogen) atoms. The summed E-state index contributed by atoms with van der Waals surface area (Å²) >= 11 is 0. The van der Waals surface area contributed by atoms with Crippen LogP contribution in [0.2, 0.25) is 0 Å². The van der Waals surface area contributed by atoms with E-state index in [1.807, 2.05) is 36.4 Å². The van der Waals surface area contributed by atoms with Gasteiger partial charge in [0.15, 0.2) is 0 Å². The molecular weight excluding hydrogens is 434 g/mol. The van der Waals surface area contributed by atoms with Crippen LogP contribution in [0, 0.1) is 10.1 Å². The monoisotopic (exact) mass is 467 g/mol. The molecular formula is C25H33N5O4. The van der Waals surface area contributed by atoms with Crippen molar-refractivity contribution in [3.63, 3.8) is 0 Å². The highest BCUT2D eigenvalue weighted by atomic mass is 16.6. The molecule has 1 saturated heterocycles. The number of nitro groups is 1. The average molecular weight is 468 g/mol. The highest BCUT2D eigenvalue weighted by Crippen LogP contribution is 2.25. The number of amides is 2. The zero-order valence-corrected chi connectivity index (χ0v) is 19.5. The molecule has 2 aromatic carbocycles. The minimum Gasteiger partial charge on any atom is -0.497 e. The number of benzene rings is 2. The van der Waals surface area contributed by atoms with Gasteiger partial charge in [-0.25, -0.2) is 4.79 Å². The quantitative estimate of drug-likeness (QED) is 0.414. The lowest BCUT2D eigenvalue weighted by molar-refractivity contribution is -0.384. The molecule has 0 aromatic heterocycles. The molecule has 1 aliphatic carbocycles. The smallest absolute Gasteiger partial charge is 0.319 e. The van der Waals surface area contributed by atoms with E-state index in [2.05, 4.69) is 20.9 Å². The van der Waals surface area contributed by atoms with Crippen molar-refractivity contribution in [3.05, 3.63) is 58.6 Å². The number of ether oxygens (including phenoxy) is 1. The van der Waals surface area contributed by atoms with Crippen LogP contribution in [0.4, 0.5) is 21.9 Å². The molecule has 2 aliphatic rings. The first-order valence-corrected chi connectivity index (χ1v) is 12.0. The van der Waals surface area contributed by atoms with Gasteiger partial charge in [-0.2, -0.15) is 0 Å². The Morgan fingerprint density at radius 1 is 1.00 bits per heavy atom. The molecule has 9 heteroatoms. The van der Waals surface area contributed by atoms with E-state index in [1.54, 1.807) is 19.2 Å². The SMILES string of the molecule is COc1ccc(NC(=O)N[C@@H]2CCCC[C@H]2N[C@H]2CCCN(c3ccc([N+](=O)[O-])cc3)C2)cc1. The van der Waals surface area contributed by atoms with Crippen LogP contribution in [-0.4, -0.2) is 49.3 Å². The van der Waals surface area contributed by atoms with Gasteiger partial charge in [0, 0.05) is 54.7 Å². The van der Waals surface area contributed by atoms with Crippen molar-refractivity contribution >= 4 is 23.1 Å². The standard InChI is InChI=1S/C25H33N5O4/c1-34-22-14-8-18(9-15-22)27-25(31)28-24-7-3-2-6-23(24)26-19-5-4-16-29(17-19)20-10-12-21(13-11-20)30(32)33/h8-15,19,23-24,26H,2-7,16-17H2,1H3,(H2,27,28,31)/t19-,23+,24+/m0/s1. The van der Waals surface area contributed by atoms with Crippen molar-refractivity contribution in [1.29, 1.82) is 0 Å². The topological polar surface area (TPSA) is 109 Å². The van der Waals surface area contributed by atoms with Crippen molar-refractivity contribution in [2.75, 3.05) is 30.4 Å². The summed E-state index contributed by atoms with van der Waals surface area (Å²) in [5.41, 5.74) is 1.85. The minimum absolute atomic E-state index is 0.0711. The van der Waals surface area contributed by atoms with Crippen molar-refractivity contribution in [2.45, 2.75) is 56.7 Å². The molecule has 2 aromatic rings. The number of piperidine rings is 1. The van der Waals surface area contributed by atoms with Crippen LogP contribution in [-0.2, 0) is 0 Å². The van der Waals surface area contributed by atoms with Crippen LogP contribution in [0.5, 0.6) is 5.75 Å². The Bertz CT molecular complexity index is 966. The first kappa shape index (κ1) is 23.8. The molecule has 2 amide bonds. The minimum atomic E-state index is -0.370. The summed E-state index contributed by atoms with van der Waals surface area (Å²) in [5, 5.41) is 20.8. The second-order valence-electron chi connectivity index (χ2n) is 9.05. The third kappa shape index (κ3) is 6.17. The third-order valence-electron chi connectivity index (χ3n) is 6.73. The summed E-state index contributed by atoms with van der Waals surface area (Å²) in [6.07, 6.45) is 6.36. The lowest BCUT2D eigenvalue weighted by Gasteiger charge is -2.40. The lowest BCUT2D eigenvalue weighted by atomic mass is 9.89. The maximum atomic E-state index is 12.6. The Morgan fingerprint density at radius 3 is 2.38 bits per heavy atom. The Hall–Kier alpha value is -3.33.